The number of aliphatic hydroxyl groups excluding tert-OH is 1. The number of fused-ring (bicyclic) bond motifs is 1. The molecule has 1 aliphatic rings. The molecule has 0 unspecified atom stereocenters. The molecule has 1 aliphatic carbocycles. The molecule has 0 fully saturated rings. The summed E-state index contributed by atoms with van der Waals surface area (Å²) in [5.41, 5.74) is 2.26. The van der Waals surface area contributed by atoms with Crippen LogP contribution in [0.2, 0.25) is 25.7 Å². The lowest BCUT2D eigenvalue weighted by atomic mass is 9.88. The summed E-state index contributed by atoms with van der Waals surface area (Å²) in [6, 6.07) is 9.29. The second-order valence-corrected chi connectivity index (χ2v) is 11.4. The van der Waals surface area contributed by atoms with Crippen molar-refractivity contribution in [2.24, 2.45) is 5.92 Å². The zero-order valence-electron chi connectivity index (χ0n) is 10.3. The van der Waals surface area contributed by atoms with E-state index in [2.05, 4.69) is 37.9 Å². The molecule has 0 heterocycles. The molecule has 2 atom stereocenters. The number of hydrogen-bond acceptors (Lipinski definition) is 1. The Hall–Kier alpha value is -0.863. The molecule has 0 saturated heterocycles. The van der Waals surface area contributed by atoms with Crippen LogP contribution in [0, 0.1) is 5.92 Å². The van der Waals surface area contributed by atoms with Gasteiger partial charge in [0.25, 0.3) is 0 Å². The van der Waals surface area contributed by atoms with E-state index in [9.17, 15) is 5.11 Å². The molecule has 0 aromatic heterocycles. The minimum atomic E-state index is -1.12. The molecule has 0 aliphatic heterocycles. The lowest BCUT2D eigenvalue weighted by Crippen LogP contribution is -2.27. The van der Waals surface area contributed by atoms with Crippen molar-refractivity contribution in [3.8, 4) is 0 Å². The van der Waals surface area contributed by atoms with E-state index in [1.54, 1.807) is 0 Å². The molecule has 86 valence electrons. The molecule has 1 aromatic carbocycles. The second-order valence-electron chi connectivity index (χ2n) is 5.86. The molecule has 1 aromatic rings. The smallest absolute Gasteiger partial charge is 0.0855 e. The van der Waals surface area contributed by atoms with Gasteiger partial charge in [-0.25, -0.2) is 0 Å². The third-order valence-electron chi connectivity index (χ3n) is 3.09. The van der Waals surface area contributed by atoms with Gasteiger partial charge >= 0.3 is 0 Å². The normalized spacial score (nSPS) is 24.2. The van der Waals surface area contributed by atoms with Crippen LogP contribution in [-0.2, 0) is 0 Å². The summed E-state index contributed by atoms with van der Waals surface area (Å²) < 4.78 is 0. The van der Waals surface area contributed by atoms with Crippen LogP contribution in [0.4, 0.5) is 0 Å². The van der Waals surface area contributed by atoms with Crippen molar-refractivity contribution in [1.29, 1.82) is 0 Å². The van der Waals surface area contributed by atoms with E-state index in [0.29, 0.717) is 5.92 Å². The predicted octanol–water partition coefficient (Wildman–Crippen LogP) is 3.70. The first-order chi connectivity index (χ1) is 7.47. The molecular weight excluding hydrogens is 212 g/mol. The molecule has 1 N–H and O–H groups in total. The summed E-state index contributed by atoms with van der Waals surface area (Å²) in [5.74, 6) is 0.307. The first-order valence-electron chi connectivity index (χ1n) is 5.92. The number of hydrogen-bond donors (Lipinski definition) is 1. The summed E-state index contributed by atoms with van der Waals surface area (Å²) in [5, 5.41) is 10.4. The highest BCUT2D eigenvalue weighted by Gasteiger charge is 2.28. The summed E-state index contributed by atoms with van der Waals surface area (Å²) in [6.07, 6.45) is 4.03. The molecule has 0 amide bonds. The lowest BCUT2D eigenvalue weighted by Gasteiger charge is -2.30. The van der Waals surface area contributed by atoms with Gasteiger partial charge in [-0.3, -0.25) is 0 Å². The fraction of sp³-hybridized carbons (Fsp3) is 0.429. The van der Waals surface area contributed by atoms with Crippen LogP contribution in [0.1, 0.15) is 17.2 Å². The van der Waals surface area contributed by atoms with Crippen molar-refractivity contribution in [3.63, 3.8) is 0 Å². The molecule has 2 rings (SSSR count). The fourth-order valence-electron chi connectivity index (χ4n) is 2.38. The van der Waals surface area contributed by atoms with Gasteiger partial charge in [0.15, 0.2) is 0 Å². The van der Waals surface area contributed by atoms with E-state index in [4.69, 9.17) is 0 Å². The van der Waals surface area contributed by atoms with Crippen LogP contribution >= 0.6 is 0 Å². The minimum absolute atomic E-state index is 0.307. The highest BCUT2D eigenvalue weighted by Crippen LogP contribution is 2.36. The summed E-state index contributed by atoms with van der Waals surface area (Å²) >= 11 is 0. The Morgan fingerprint density at radius 3 is 2.56 bits per heavy atom. The molecule has 16 heavy (non-hydrogen) atoms. The van der Waals surface area contributed by atoms with Crippen LogP contribution < -0.4 is 0 Å². The van der Waals surface area contributed by atoms with E-state index < -0.39 is 8.07 Å². The van der Waals surface area contributed by atoms with E-state index >= 15 is 0 Å². The Morgan fingerprint density at radius 2 is 1.88 bits per heavy atom. The van der Waals surface area contributed by atoms with Crippen molar-refractivity contribution in [2.45, 2.75) is 31.8 Å². The Balaban J connectivity index is 2.24. The van der Waals surface area contributed by atoms with Crippen LogP contribution in [-0.4, -0.2) is 13.2 Å². The van der Waals surface area contributed by atoms with Crippen molar-refractivity contribution < 1.29 is 5.11 Å². The Morgan fingerprint density at radius 1 is 1.19 bits per heavy atom. The SMILES string of the molecule is C[Si](C)(C)C[C@@H]1C=Cc2ccccc2[C@@H]1O. The van der Waals surface area contributed by atoms with E-state index in [1.165, 1.54) is 5.56 Å². The largest absolute Gasteiger partial charge is 0.388 e. The van der Waals surface area contributed by atoms with Gasteiger partial charge in [-0.05, 0) is 17.2 Å². The highest BCUT2D eigenvalue weighted by atomic mass is 28.3. The number of rotatable bonds is 2. The Bertz CT molecular complexity index is 403. The van der Waals surface area contributed by atoms with Gasteiger partial charge < -0.3 is 5.11 Å². The van der Waals surface area contributed by atoms with Crippen molar-refractivity contribution in [2.75, 3.05) is 0 Å². The first-order valence-corrected chi connectivity index (χ1v) is 9.63. The molecule has 0 radical (unpaired) electrons. The van der Waals surface area contributed by atoms with Crippen LogP contribution in [0.5, 0.6) is 0 Å². The van der Waals surface area contributed by atoms with Gasteiger partial charge in [0.05, 0.1) is 6.10 Å². The summed E-state index contributed by atoms with van der Waals surface area (Å²) in [4.78, 5) is 0. The van der Waals surface area contributed by atoms with Gasteiger partial charge in [0, 0.05) is 14.0 Å². The fourth-order valence-corrected chi connectivity index (χ4v) is 4.16. The van der Waals surface area contributed by atoms with Crippen molar-refractivity contribution in [3.05, 3.63) is 41.5 Å². The molecule has 0 spiro atoms. The average molecular weight is 232 g/mol. The number of aliphatic hydroxyl groups is 1. The minimum Gasteiger partial charge on any atom is -0.388 e. The zero-order valence-corrected chi connectivity index (χ0v) is 11.3. The maximum atomic E-state index is 10.4. The monoisotopic (exact) mass is 232 g/mol. The first kappa shape index (κ1) is 11.6. The molecular formula is C14H20OSi. The summed E-state index contributed by atoms with van der Waals surface area (Å²) in [6.45, 7) is 7.07. The number of benzene rings is 1. The van der Waals surface area contributed by atoms with E-state index in [0.717, 1.165) is 11.6 Å². The van der Waals surface area contributed by atoms with Crippen molar-refractivity contribution >= 4 is 14.1 Å². The third kappa shape index (κ3) is 2.44. The highest BCUT2D eigenvalue weighted by molar-refractivity contribution is 6.76. The maximum Gasteiger partial charge on any atom is 0.0855 e. The van der Waals surface area contributed by atoms with Gasteiger partial charge in [-0.15, -0.1) is 0 Å². The van der Waals surface area contributed by atoms with Gasteiger partial charge in [-0.2, -0.15) is 0 Å². The predicted molar refractivity (Wildman–Crippen MR) is 72.1 cm³/mol. The van der Waals surface area contributed by atoms with Crippen LogP contribution in [0.25, 0.3) is 6.08 Å². The molecule has 0 saturated carbocycles. The quantitative estimate of drug-likeness (QED) is 0.771. The molecule has 0 bridgehead atoms. The van der Waals surface area contributed by atoms with E-state index in [1.807, 2.05) is 18.2 Å². The van der Waals surface area contributed by atoms with Gasteiger partial charge in [-0.1, -0.05) is 56.1 Å². The zero-order chi connectivity index (χ0) is 11.8. The maximum absolute atomic E-state index is 10.4. The molecule has 1 nitrogen and oxygen atoms in total. The standard InChI is InChI=1S/C14H20OSi/c1-16(2,3)10-12-9-8-11-6-4-5-7-13(11)14(12)15/h4-9,12,14-15H,10H2,1-3H3/t12-,14+/m0/s1. The lowest BCUT2D eigenvalue weighted by molar-refractivity contribution is 0.137. The van der Waals surface area contributed by atoms with Gasteiger partial charge in [0.2, 0.25) is 0 Å². The van der Waals surface area contributed by atoms with E-state index in [-0.39, 0.29) is 6.10 Å². The summed E-state index contributed by atoms with van der Waals surface area (Å²) in [7, 11) is -1.12. The van der Waals surface area contributed by atoms with Gasteiger partial charge in [0.1, 0.15) is 0 Å². The van der Waals surface area contributed by atoms with Crippen LogP contribution in [0.3, 0.4) is 0 Å². The molecule has 2 heteroatoms. The third-order valence-corrected chi connectivity index (χ3v) is 4.79. The second kappa shape index (κ2) is 4.19. The van der Waals surface area contributed by atoms with Crippen LogP contribution in [0.15, 0.2) is 30.3 Å². The average Bonchev–Trinajstić information content (AvgIpc) is 2.21. The topological polar surface area (TPSA) is 20.2 Å². The Labute approximate surface area is 98.8 Å². The van der Waals surface area contributed by atoms with Crippen molar-refractivity contribution in [1.82, 2.24) is 0 Å². The Kier molecular flexibility index (Phi) is 3.04.